The highest BCUT2D eigenvalue weighted by atomic mass is 79.9. The molecule has 1 amide bonds. The van der Waals surface area contributed by atoms with E-state index >= 15 is 0 Å². The van der Waals surface area contributed by atoms with Gasteiger partial charge in [-0.05, 0) is 60.7 Å². The van der Waals surface area contributed by atoms with Crippen LogP contribution in [0.25, 0.3) is 33.3 Å². The van der Waals surface area contributed by atoms with Gasteiger partial charge in [0.1, 0.15) is 22.7 Å². The maximum absolute atomic E-state index is 12.7. The molecule has 0 aliphatic rings. The number of methoxy groups -OCH3 is 1. The zero-order valence-electron chi connectivity index (χ0n) is 16.8. The van der Waals surface area contributed by atoms with Crippen LogP contribution in [-0.4, -0.2) is 13.0 Å². The molecule has 1 N–H and O–H groups in total. The predicted molar refractivity (Wildman–Crippen MR) is 126 cm³/mol. The Hall–Kier alpha value is -3.84. The van der Waals surface area contributed by atoms with Crippen molar-refractivity contribution in [1.82, 2.24) is 0 Å². The summed E-state index contributed by atoms with van der Waals surface area (Å²) < 4.78 is 17.7. The number of carbonyl (C=O) groups is 1. The summed E-state index contributed by atoms with van der Waals surface area (Å²) in [6.07, 6.45) is 0. The van der Waals surface area contributed by atoms with Gasteiger partial charge in [-0.15, -0.1) is 0 Å². The Morgan fingerprint density at radius 1 is 0.906 bits per heavy atom. The molecule has 0 aliphatic heterocycles. The first-order valence-electron chi connectivity index (χ1n) is 9.73. The van der Waals surface area contributed by atoms with Gasteiger partial charge in [-0.1, -0.05) is 15.9 Å². The van der Waals surface area contributed by atoms with Crippen molar-refractivity contribution >= 4 is 49.5 Å². The Balaban J connectivity index is 1.47. The van der Waals surface area contributed by atoms with Crippen LogP contribution in [0, 0.1) is 0 Å². The van der Waals surface area contributed by atoms with E-state index in [0.29, 0.717) is 33.7 Å². The van der Waals surface area contributed by atoms with E-state index in [0.717, 1.165) is 15.4 Å². The quantitative estimate of drug-likeness (QED) is 0.323. The van der Waals surface area contributed by atoms with Crippen LogP contribution in [0.5, 0.6) is 5.75 Å². The first-order chi connectivity index (χ1) is 15.5. The fraction of sp³-hybridized carbons (Fsp3) is 0.0400. The lowest BCUT2D eigenvalue weighted by molar-refractivity contribution is 0.0998. The first kappa shape index (κ1) is 20.1. The van der Waals surface area contributed by atoms with E-state index < -0.39 is 5.91 Å². The number of nitrogens with one attached hydrogen (secondary N) is 1. The zero-order chi connectivity index (χ0) is 22.2. The number of hydrogen-bond acceptors (Lipinski definition) is 5. The molecular formula is C25H16BrNO5. The minimum atomic E-state index is -0.398. The van der Waals surface area contributed by atoms with Crippen molar-refractivity contribution in [2.75, 3.05) is 12.4 Å². The molecule has 2 aromatic heterocycles. The summed E-state index contributed by atoms with van der Waals surface area (Å²) in [5, 5.41) is 4.04. The van der Waals surface area contributed by atoms with Crippen LogP contribution in [0.4, 0.5) is 5.69 Å². The van der Waals surface area contributed by atoms with E-state index in [1.165, 1.54) is 6.07 Å². The molecule has 5 aromatic rings. The van der Waals surface area contributed by atoms with Gasteiger partial charge in [0.15, 0.2) is 11.2 Å². The topological polar surface area (TPSA) is 81.7 Å². The minimum absolute atomic E-state index is 0.169. The number of furan rings is 1. The van der Waals surface area contributed by atoms with Crippen molar-refractivity contribution in [1.29, 1.82) is 0 Å². The average molecular weight is 490 g/mol. The van der Waals surface area contributed by atoms with E-state index in [9.17, 15) is 9.59 Å². The number of ether oxygens (including phenoxy) is 1. The monoisotopic (exact) mass is 489 g/mol. The van der Waals surface area contributed by atoms with Gasteiger partial charge in [-0.25, -0.2) is 0 Å². The smallest absolute Gasteiger partial charge is 0.291 e. The number of anilines is 1. The summed E-state index contributed by atoms with van der Waals surface area (Å²) >= 11 is 3.41. The molecule has 0 aliphatic carbocycles. The highest BCUT2D eigenvalue weighted by Gasteiger charge is 2.14. The summed E-state index contributed by atoms with van der Waals surface area (Å²) in [6.45, 7) is 0. The molecule has 0 saturated carbocycles. The SMILES string of the molecule is COc1ccc(-c2cc(=O)c3ccc(NC(=O)c4cc5cc(Br)ccc5o4)cc3o2)cc1. The molecule has 7 heteroatoms. The largest absolute Gasteiger partial charge is 0.497 e. The normalized spacial score (nSPS) is 11.1. The highest BCUT2D eigenvalue weighted by Crippen LogP contribution is 2.27. The molecule has 0 unspecified atom stereocenters. The molecule has 3 aromatic carbocycles. The minimum Gasteiger partial charge on any atom is -0.497 e. The highest BCUT2D eigenvalue weighted by molar-refractivity contribution is 9.10. The Morgan fingerprint density at radius 3 is 2.50 bits per heavy atom. The van der Waals surface area contributed by atoms with Crippen molar-refractivity contribution in [3.8, 4) is 17.1 Å². The number of benzene rings is 3. The summed E-state index contributed by atoms with van der Waals surface area (Å²) in [4.78, 5) is 25.3. The van der Waals surface area contributed by atoms with Crippen molar-refractivity contribution in [3.63, 3.8) is 0 Å². The summed E-state index contributed by atoms with van der Waals surface area (Å²) in [5.41, 5.74) is 2.05. The van der Waals surface area contributed by atoms with Gasteiger partial charge in [0.2, 0.25) is 0 Å². The van der Waals surface area contributed by atoms with E-state index in [4.69, 9.17) is 13.6 Å². The molecule has 32 heavy (non-hydrogen) atoms. The lowest BCUT2D eigenvalue weighted by Gasteiger charge is -2.07. The second kappa shape index (κ2) is 8.01. The molecule has 158 valence electrons. The van der Waals surface area contributed by atoms with E-state index in [2.05, 4.69) is 21.2 Å². The third-order valence-electron chi connectivity index (χ3n) is 5.06. The molecule has 6 nitrogen and oxygen atoms in total. The van der Waals surface area contributed by atoms with Gasteiger partial charge in [-0.3, -0.25) is 9.59 Å². The molecule has 0 fully saturated rings. The van der Waals surface area contributed by atoms with Crippen LogP contribution >= 0.6 is 15.9 Å². The van der Waals surface area contributed by atoms with E-state index in [1.54, 1.807) is 49.6 Å². The van der Waals surface area contributed by atoms with Crippen LogP contribution in [0.3, 0.4) is 0 Å². The molecule has 0 bridgehead atoms. The number of amides is 1. The van der Waals surface area contributed by atoms with Crippen molar-refractivity contribution in [2.24, 2.45) is 0 Å². The Kier molecular flexibility index (Phi) is 5.03. The fourth-order valence-electron chi connectivity index (χ4n) is 3.45. The van der Waals surface area contributed by atoms with Crippen molar-refractivity contribution in [2.45, 2.75) is 0 Å². The summed E-state index contributed by atoms with van der Waals surface area (Å²) in [6, 6.07) is 20.8. The number of halogens is 1. The number of fused-ring (bicyclic) bond motifs is 2. The second-order valence-corrected chi connectivity index (χ2v) is 8.08. The van der Waals surface area contributed by atoms with Gasteiger partial charge in [0.25, 0.3) is 5.91 Å². The average Bonchev–Trinajstić information content (AvgIpc) is 3.22. The number of carbonyl (C=O) groups excluding carboxylic acids is 1. The standard InChI is InChI=1S/C25H16BrNO5/c1-30-18-6-2-14(3-7-18)22-13-20(28)19-8-5-17(12-23(19)32-22)27-25(29)24-11-15-10-16(26)4-9-21(15)31-24/h2-13H,1H3,(H,27,29). The van der Waals surface area contributed by atoms with E-state index in [1.807, 2.05) is 24.3 Å². The second-order valence-electron chi connectivity index (χ2n) is 7.16. The lowest BCUT2D eigenvalue weighted by Crippen LogP contribution is -2.11. The number of hydrogen-bond donors (Lipinski definition) is 1. The lowest BCUT2D eigenvalue weighted by atomic mass is 10.1. The Morgan fingerprint density at radius 2 is 1.72 bits per heavy atom. The molecular weight excluding hydrogens is 474 g/mol. The molecule has 2 heterocycles. The van der Waals surface area contributed by atoms with Crippen molar-refractivity contribution < 1.29 is 18.4 Å². The number of rotatable bonds is 4. The van der Waals surface area contributed by atoms with Crippen LogP contribution in [0.2, 0.25) is 0 Å². The van der Waals surface area contributed by atoms with Gasteiger partial charge < -0.3 is 18.9 Å². The van der Waals surface area contributed by atoms with E-state index in [-0.39, 0.29) is 11.2 Å². The van der Waals surface area contributed by atoms with Crippen LogP contribution in [0.1, 0.15) is 10.6 Å². The first-order valence-corrected chi connectivity index (χ1v) is 10.5. The Labute approximate surface area is 190 Å². The van der Waals surface area contributed by atoms with Gasteiger partial charge in [0, 0.05) is 33.2 Å². The third kappa shape index (κ3) is 3.78. The zero-order valence-corrected chi connectivity index (χ0v) is 18.4. The fourth-order valence-corrected chi connectivity index (χ4v) is 3.83. The summed E-state index contributed by atoms with van der Waals surface area (Å²) in [5.74, 6) is 0.924. The Bertz CT molecular complexity index is 1530. The summed E-state index contributed by atoms with van der Waals surface area (Å²) in [7, 11) is 1.59. The maximum atomic E-state index is 12.7. The molecule has 0 atom stereocenters. The van der Waals surface area contributed by atoms with Gasteiger partial charge >= 0.3 is 0 Å². The van der Waals surface area contributed by atoms with Crippen LogP contribution in [0.15, 0.2) is 90.9 Å². The molecule has 0 spiro atoms. The molecule has 5 rings (SSSR count). The molecule has 0 saturated heterocycles. The third-order valence-corrected chi connectivity index (χ3v) is 5.56. The van der Waals surface area contributed by atoms with Gasteiger partial charge in [0.05, 0.1) is 12.5 Å². The molecule has 0 radical (unpaired) electrons. The van der Waals surface area contributed by atoms with Crippen molar-refractivity contribution in [3.05, 3.63) is 93.3 Å². The van der Waals surface area contributed by atoms with Crippen LogP contribution < -0.4 is 15.5 Å². The van der Waals surface area contributed by atoms with Crippen LogP contribution in [-0.2, 0) is 0 Å². The maximum Gasteiger partial charge on any atom is 0.291 e. The van der Waals surface area contributed by atoms with Gasteiger partial charge in [-0.2, -0.15) is 0 Å². The predicted octanol–water partition coefficient (Wildman–Crippen LogP) is 6.23.